The molecule has 4 nitrogen and oxygen atoms in total. The zero-order chi connectivity index (χ0) is 11.7. The van der Waals surface area contributed by atoms with Crippen LogP contribution in [0.1, 0.15) is 20.8 Å². The minimum Gasteiger partial charge on any atom is -0.342 e. The number of hydrogen-bond acceptors (Lipinski definition) is 3. The van der Waals surface area contributed by atoms with Crippen LogP contribution >= 0.6 is 15.9 Å². The van der Waals surface area contributed by atoms with Crippen LogP contribution in [0.5, 0.6) is 0 Å². The molecule has 0 aromatic rings. The Morgan fingerprint density at radius 2 is 2.19 bits per heavy atom. The summed E-state index contributed by atoms with van der Waals surface area (Å²) >= 11 is 3.51. The second kappa shape index (κ2) is 3.09. The molecule has 2 fully saturated rings. The monoisotopic (exact) mass is 287 g/mol. The third kappa shape index (κ3) is 1.38. The van der Waals surface area contributed by atoms with Gasteiger partial charge >= 0.3 is 0 Å². The van der Waals surface area contributed by atoms with Gasteiger partial charge in [-0.3, -0.25) is 4.79 Å². The van der Waals surface area contributed by atoms with E-state index in [-0.39, 0.29) is 30.2 Å². The maximum atomic E-state index is 11.4. The van der Waals surface area contributed by atoms with Crippen molar-refractivity contribution in [2.45, 2.75) is 50.8 Å². The minimum absolute atomic E-state index is 0.0386. The molecule has 4 atom stereocenters. The molecule has 16 heavy (non-hydrogen) atoms. The molecule has 88 valence electrons. The smallest absolute Gasteiger partial charge is 0.220 e. The van der Waals surface area contributed by atoms with Gasteiger partial charge in [-0.25, -0.2) is 0 Å². The topological polar surface area (TPSA) is 38.5 Å². The standard InChI is InChI=1S/C11H14BrNO3/c1-5(14)13-7-4-6(12)9-10(8(7)13)16-11(2,3)15-9/h4,7-10H,1-3H3/t7-,8-,9+,10-,13?/m0/s1. The number of amides is 1. The number of carbonyl (C=O) groups is 1. The quantitative estimate of drug-likeness (QED) is 0.632. The molecule has 2 aliphatic heterocycles. The van der Waals surface area contributed by atoms with Crippen LogP contribution in [-0.2, 0) is 14.3 Å². The van der Waals surface area contributed by atoms with Gasteiger partial charge < -0.3 is 14.4 Å². The van der Waals surface area contributed by atoms with Crippen LogP contribution < -0.4 is 0 Å². The van der Waals surface area contributed by atoms with Crippen LogP contribution in [0.15, 0.2) is 10.6 Å². The van der Waals surface area contributed by atoms with Crippen molar-refractivity contribution < 1.29 is 14.3 Å². The number of fused-ring (bicyclic) bond motifs is 3. The molecule has 3 rings (SSSR count). The number of halogens is 1. The van der Waals surface area contributed by atoms with E-state index >= 15 is 0 Å². The van der Waals surface area contributed by atoms with Gasteiger partial charge in [0.2, 0.25) is 5.91 Å². The Bertz CT molecular complexity index is 393. The number of carbonyl (C=O) groups excluding carboxylic acids is 1. The Labute approximate surface area is 103 Å². The van der Waals surface area contributed by atoms with Crippen molar-refractivity contribution in [3.8, 4) is 0 Å². The highest BCUT2D eigenvalue weighted by atomic mass is 79.9. The molecule has 5 heteroatoms. The fraction of sp³-hybridized carbons (Fsp3) is 0.727. The van der Waals surface area contributed by atoms with Crippen molar-refractivity contribution in [2.75, 3.05) is 0 Å². The number of hydrogen-bond donors (Lipinski definition) is 0. The Kier molecular flexibility index (Phi) is 2.07. The zero-order valence-corrected chi connectivity index (χ0v) is 11.0. The number of ether oxygens (including phenoxy) is 2. The number of rotatable bonds is 0. The summed E-state index contributed by atoms with van der Waals surface area (Å²) in [5.74, 6) is -0.470. The average molecular weight is 288 g/mol. The van der Waals surface area contributed by atoms with E-state index in [0.717, 1.165) is 4.48 Å². The fourth-order valence-electron chi connectivity index (χ4n) is 2.73. The van der Waals surface area contributed by atoms with Gasteiger partial charge in [-0.1, -0.05) is 15.9 Å². The summed E-state index contributed by atoms with van der Waals surface area (Å²) in [5.41, 5.74) is 0. The predicted octanol–water partition coefficient (Wildman–Crippen LogP) is 1.40. The van der Waals surface area contributed by atoms with E-state index in [1.165, 1.54) is 0 Å². The van der Waals surface area contributed by atoms with Gasteiger partial charge in [0.25, 0.3) is 0 Å². The van der Waals surface area contributed by atoms with E-state index < -0.39 is 5.79 Å². The van der Waals surface area contributed by atoms with E-state index in [0.29, 0.717) is 0 Å². The fourth-order valence-corrected chi connectivity index (χ4v) is 3.35. The molecule has 0 radical (unpaired) electrons. The third-order valence-corrected chi connectivity index (χ3v) is 4.05. The van der Waals surface area contributed by atoms with Crippen LogP contribution in [0.2, 0.25) is 0 Å². The summed E-state index contributed by atoms with van der Waals surface area (Å²) in [6.07, 6.45) is 1.95. The highest BCUT2D eigenvalue weighted by molar-refractivity contribution is 9.11. The molecule has 0 bridgehead atoms. The van der Waals surface area contributed by atoms with Crippen LogP contribution in [0, 0.1) is 0 Å². The summed E-state index contributed by atoms with van der Waals surface area (Å²) in [6, 6.07) is 0.344. The zero-order valence-electron chi connectivity index (χ0n) is 9.44. The molecule has 0 unspecified atom stereocenters. The van der Waals surface area contributed by atoms with Gasteiger partial charge in [-0.2, -0.15) is 0 Å². The molecule has 0 aromatic carbocycles. The van der Waals surface area contributed by atoms with Gasteiger partial charge in [0.15, 0.2) is 5.79 Å². The molecule has 2 saturated heterocycles. The molecule has 2 heterocycles. The van der Waals surface area contributed by atoms with Crippen molar-refractivity contribution >= 4 is 21.8 Å². The summed E-state index contributed by atoms with van der Waals surface area (Å²) in [4.78, 5) is 13.3. The Morgan fingerprint density at radius 1 is 1.50 bits per heavy atom. The van der Waals surface area contributed by atoms with Crippen molar-refractivity contribution in [1.82, 2.24) is 4.90 Å². The molecule has 0 spiro atoms. The van der Waals surface area contributed by atoms with Crippen molar-refractivity contribution in [1.29, 1.82) is 0 Å². The van der Waals surface area contributed by atoms with E-state index in [1.807, 2.05) is 18.7 Å². The maximum absolute atomic E-state index is 11.4. The van der Waals surface area contributed by atoms with Crippen LogP contribution in [0.4, 0.5) is 0 Å². The van der Waals surface area contributed by atoms with Gasteiger partial charge in [0, 0.05) is 11.4 Å². The molecular weight excluding hydrogens is 274 g/mol. The Morgan fingerprint density at radius 3 is 2.81 bits per heavy atom. The van der Waals surface area contributed by atoms with E-state index in [2.05, 4.69) is 22.0 Å². The van der Waals surface area contributed by atoms with Crippen LogP contribution in [-0.4, -0.2) is 40.9 Å². The van der Waals surface area contributed by atoms with E-state index in [4.69, 9.17) is 9.47 Å². The van der Waals surface area contributed by atoms with Gasteiger partial charge in [0.05, 0.1) is 12.1 Å². The second-order valence-electron chi connectivity index (χ2n) is 4.98. The van der Waals surface area contributed by atoms with Gasteiger partial charge in [-0.05, 0) is 19.9 Å². The lowest BCUT2D eigenvalue weighted by Crippen LogP contribution is -2.33. The molecule has 0 saturated carbocycles. The first-order chi connectivity index (χ1) is 7.41. The molecule has 0 aromatic heterocycles. The summed E-state index contributed by atoms with van der Waals surface area (Å²) in [7, 11) is 0. The lowest BCUT2D eigenvalue weighted by Gasteiger charge is -2.18. The van der Waals surface area contributed by atoms with Crippen LogP contribution in [0.25, 0.3) is 0 Å². The van der Waals surface area contributed by atoms with Gasteiger partial charge in [-0.15, -0.1) is 0 Å². The van der Waals surface area contributed by atoms with Crippen molar-refractivity contribution in [2.24, 2.45) is 0 Å². The largest absolute Gasteiger partial charge is 0.342 e. The summed E-state index contributed by atoms with van der Waals surface area (Å²) < 4.78 is 12.7. The minimum atomic E-state index is -0.567. The SMILES string of the molecule is CC(=O)N1[C@@H]2[C@@H]3OC(C)(C)O[C@@H]3C(Br)=C[C@@H]21. The first kappa shape index (κ1) is 10.7. The van der Waals surface area contributed by atoms with Crippen LogP contribution in [0.3, 0.4) is 0 Å². The highest BCUT2D eigenvalue weighted by Crippen LogP contribution is 2.48. The molecule has 1 aliphatic carbocycles. The molecular formula is C11H14BrNO3. The summed E-state index contributed by atoms with van der Waals surface area (Å²) in [6.45, 7) is 5.40. The molecule has 1 amide bonds. The Hall–Kier alpha value is -0.390. The maximum Gasteiger partial charge on any atom is 0.220 e. The second-order valence-corrected chi connectivity index (χ2v) is 5.90. The lowest BCUT2D eigenvalue weighted by molar-refractivity contribution is -0.145. The summed E-state index contributed by atoms with van der Waals surface area (Å²) in [5, 5.41) is 0. The normalized spacial score (nSPS) is 43.5. The number of nitrogens with zero attached hydrogens (tertiary/aromatic N) is 1. The lowest BCUT2D eigenvalue weighted by atomic mass is 10.0. The first-order valence-electron chi connectivity index (χ1n) is 5.42. The first-order valence-corrected chi connectivity index (χ1v) is 6.22. The predicted molar refractivity (Wildman–Crippen MR) is 60.9 cm³/mol. The molecule has 3 aliphatic rings. The van der Waals surface area contributed by atoms with Gasteiger partial charge in [0.1, 0.15) is 12.2 Å². The highest BCUT2D eigenvalue weighted by Gasteiger charge is 2.62. The average Bonchev–Trinajstić information content (AvgIpc) is 2.75. The van der Waals surface area contributed by atoms with Crippen molar-refractivity contribution in [3.63, 3.8) is 0 Å². The third-order valence-electron chi connectivity index (χ3n) is 3.33. The van der Waals surface area contributed by atoms with E-state index in [1.54, 1.807) is 6.92 Å². The molecule has 0 N–H and O–H groups in total. The Balaban J connectivity index is 1.90. The van der Waals surface area contributed by atoms with E-state index in [9.17, 15) is 4.79 Å². The van der Waals surface area contributed by atoms with Crippen molar-refractivity contribution in [3.05, 3.63) is 10.6 Å².